The number of methoxy groups -OCH3 is 4. The van der Waals surface area contributed by atoms with Crippen LogP contribution in [0.5, 0.6) is 23.0 Å². The summed E-state index contributed by atoms with van der Waals surface area (Å²) in [7, 11) is 2.48. The molecule has 0 N–H and O–H groups in total. The van der Waals surface area contributed by atoms with Gasteiger partial charge in [0.2, 0.25) is 0 Å². The maximum atomic E-state index is 7.22. The van der Waals surface area contributed by atoms with Gasteiger partial charge in [0.05, 0.1) is 63.6 Å². The standard InChI is InChI=1S/C36H56O7Si2/c1-22-31(43-45(14,15)36(5,6)7)28(42-44(12,13)35(2,3)4)21-27(41-22)23-19-20-25-30(32(23)38-9)34(40-11)24-17-16-18-26(37-8)29(24)33(25)39-10/h16-20,22,27-28,31H,21H2,1-15H3/t22-,27-,28-,31-/m1/s1. The van der Waals surface area contributed by atoms with Gasteiger partial charge in [0.1, 0.15) is 23.0 Å². The number of benzene rings is 3. The van der Waals surface area contributed by atoms with Gasteiger partial charge in [-0.05, 0) is 55.3 Å². The maximum Gasteiger partial charge on any atom is 0.192 e. The van der Waals surface area contributed by atoms with Crippen molar-refractivity contribution in [2.24, 2.45) is 0 Å². The highest BCUT2D eigenvalue weighted by Gasteiger charge is 2.49. The average Bonchev–Trinajstić information content (AvgIpc) is 2.95. The number of fused-ring (bicyclic) bond motifs is 2. The third-order valence-electron chi connectivity index (χ3n) is 10.5. The molecule has 4 atom stereocenters. The predicted octanol–water partition coefficient (Wildman–Crippen LogP) is 9.66. The minimum Gasteiger partial charge on any atom is -0.496 e. The number of hydrogen-bond donors (Lipinski definition) is 0. The Kier molecular flexibility index (Phi) is 10.0. The summed E-state index contributed by atoms with van der Waals surface area (Å²) in [5, 5.41) is 3.58. The second kappa shape index (κ2) is 12.7. The van der Waals surface area contributed by atoms with Crippen LogP contribution in [0.25, 0.3) is 21.5 Å². The summed E-state index contributed by atoms with van der Waals surface area (Å²) in [6, 6.07) is 10.1. The van der Waals surface area contributed by atoms with Gasteiger partial charge in [-0.3, -0.25) is 0 Å². The molecule has 0 aromatic heterocycles. The number of hydrogen-bond acceptors (Lipinski definition) is 7. The van der Waals surface area contributed by atoms with Crippen LogP contribution >= 0.6 is 0 Å². The summed E-state index contributed by atoms with van der Waals surface area (Å²) in [5.41, 5.74) is 0.953. The lowest BCUT2D eigenvalue weighted by Gasteiger charge is -2.50. The first-order chi connectivity index (χ1) is 20.8. The van der Waals surface area contributed by atoms with E-state index in [0.29, 0.717) is 23.7 Å². The van der Waals surface area contributed by atoms with Crippen molar-refractivity contribution < 1.29 is 32.5 Å². The van der Waals surface area contributed by atoms with Crippen molar-refractivity contribution in [2.45, 2.75) is 116 Å². The zero-order valence-corrected chi connectivity index (χ0v) is 32.3. The van der Waals surface area contributed by atoms with Crippen LogP contribution in [0.2, 0.25) is 36.3 Å². The molecule has 0 bridgehead atoms. The lowest BCUT2D eigenvalue weighted by Crippen LogP contribution is -2.57. The molecule has 45 heavy (non-hydrogen) atoms. The van der Waals surface area contributed by atoms with Crippen LogP contribution in [0.1, 0.15) is 66.6 Å². The second-order valence-electron chi connectivity index (χ2n) is 15.4. The smallest absolute Gasteiger partial charge is 0.192 e. The number of rotatable bonds is 9. The first kappa shape index (κ1) is 35.5. The Morgan fingerprint density at radius 2 is 1.20 bits per heavy atom. The first-order valence-electron chi connectivity index (χ1n) is 16.1. The highest BCUT2D eigenvalue weighted by molar-refractivity contribution is 6.74. The van der Waals surface area contributed by atoms with Crippen molar-refractivity contribution in [2.75, 3.05) is 28.4 Å². The van der Waals surface area contributed by atoms with Crippen LogP contribution in [-0.4, -0.2) is 63.4 Å². The lowest BCUT2D eigenvalue weighted by atomic mass is 9.91. The van der Waals surface area contributed by atoms with E-state index in [1.807, 2.05) is 18.2 Å². The molecule has 0 aliphatic carbocycles. The maximum absolute atomic E-state index is 7.22. The Balaban J connectivity index is 1.90. The van der Waals surface area contributed by atoms with Gasteiger partial charge in [0, 0.05) is 22.8 Å². The summed E-state index contributed by atoms with van der Waals surface area (Å²) in [4.78, 5) is 0. The molecule has 0 saturated carbocycles. The van der Waals surface area contributed by atoms with Crippen molar-refractivity contribution in [3.05, 3.63) is 35.9 Å². The van der Waals surface area contributed by atoms with Crippen LogP contribution < -0.4 is 18.9 Å². The molecular formula is C36H56O7Si2. The van der Waals surface area contributed by atoms with Gasteiger partial charge in [0.25, 0.3) is 0 Å². The Bertz CT molecular complexity index is 1520. The van der Waals surface area contributed by atoms with Gasteiger partial charge in [-0.1, -0.05) is 59.7 Å². The van der Waals surface area contributed by atoms with E-state index < -0.39 is 16.6 Å². The summed E-state index contributed by atoms with van der Waals surface area (Å²) in [6.45, 7) is 25.1. The van der Waals surface area contributed by atoms with Crippen molar-refractivity contribution in [3.8, 4) is 23.0 Å². The van der Waals surface area contributed by atoms with E-state index in [-0.39, 0.29) is 34.5 Å². The largest absolute Gasteiger partial charge is 0.496 e. The molecule has 1 saturated heterocycles. The molecule has 4 rings (SSSR count). The first-order valence-corrected chi connectivity index (χ1v) is 21.9. The highest BCUT2D eigenvalue weighted by Crippen LogP contribution is 2.52. The van der Waals surface area contributed by atoms with Gasteiger partial charge in [0.15, 0.2) is 16.6 Å². The minimum atomic E-state index is -2.15. The fourth-order valence-electron chi connectivity index (χ4n) is 5.90. The fraction of sp³-hybridized carbons (Fsp3) is 0.611. The van der Waals surface area contributed by atoms with Gasteiger partial charge >= 0.3 is 0 Å². The van der Waals surface area contributed by atoms with Gasteiger partial charge in [-0.2, -0.15) is 0 Å². The molecule has 3 aromatic carbocycles. The van der Waals surface area contributed by atoms with E-state index in [4.69, 9.17) is 32.5 Å². The zero-order valence-electron chi connectivity index (χ0n) is 30.3. The van der Waals surface area contributed by atoms with Gasteiger partial charge in [-0.25, -0.2) is 0 Å². The molecule has 0 amide bonds. The van der Waals surface area contributed by atoms with E-state index in [1.54, 1.807) is 28.4 Å². The van der Waals surface area contributed by atoms with E-state index in [2.05, 4.69) is 86.8 Å². The second-order valence-corrected chi connectivity index (χ2v) is 24.9. The molecule has 7 nitrogen and oxygen atoms in total. The molecule has 250 valence electrons. The van der Waals surface area contributed by atoms with E-state index in [0.717, 1.165) is 32.9 Å². The van der Waals surface area contributed by atoms with Crippen LogP contribution in [0, 0.1) is 0 Å². The highest BCUT2D eigenvalue weighted by atomic mass is 28.4. The molecule has 9 heteroatoms. The van der Waals surface area contributed by atoms with Crippen LogP contribution in [-0.2, 0) is 13.6 Å². The molecule has 1 aliphatic heterocycles. The average molecular weight is 657 g/mol. The lowest BCUT2D eigenvalue weighted by molar-refractivity contribution is -0.154. The van der Waals surface area contributed by atoms with Crippen LogP contribution in [0.15, 0.2) is 30.3 Å². The van der Waals surface area contributed by atoms with Crippen molar-refractivity contribution >= 4 is 38.2 Å². The molecule has 1 fully saturated rings. The SMILES string of the molecule is COc1cccc2c(OC)c3c(OC)c([C@H]4C[C@@H](O[Si](C)(C)C(C)(C)C)[C@H](O[Si](C)(C)C(C)(C)C)[C@@H](C)O4)ccc3c(OC)c12. The third kappa shape index (κ3) is 6.48. The van der Waals surface area contributed by atoms with Crippen molar-refractivity contribution in [1.29, 1.82) is 0 Å². The van der Waals surface area contributed by atoms with Gasteiger partial charge < -0.3 is 32.5 Å². The summed E-state index contributed by atoms with van der Waals surface area (Å²) < 4.78 is 45.3. The Morgan fingerprint density at radius 1 is 0.667 bits per heavy atom. The number of ether oxygens (including phenoxy) is 5. The minimum absolute atomic E-state index is 0.0538. The Labute approximate surface area is 273 Å². The Hall–Kier alpha value is -2.31. The van der Waals surface area contributed by atoms with E-state index >= 15 is 0 Å². The summed E-state index contributed by atoms with van der Waals surface area (Å²) in [5.74, 6) is 2.84. The van der Waals surface area contributed by atoms with Crippen molar-refractivity contribution in [3.63, 3.8) is 0 Å². The molecule has 0 spiro atoms. The van der Waals surface area contributed by atoms with E-state index in [9.17, 15) is 0 Å². The quantitative estimate of drug-likeness (QED) is 0.168. The molecule has 0 unspecified atom stereocenters. The van der Waals surface area contributed by atoms with E-state index in [1.165, 1.54) is 0 Å². The van der Waals surface area contributed by atoms with Gasteiger partial charge in [-0.15, -0.1) is 0 Å². The van der Waals surface area contributed by atoms with Crippen LogP contribution in [0.4, 0.5) is 0 Å². The summed E-state index contributed by atoms with van der Waals surface area (Å²) >= 11 is 0. The molecular weight excluding hydrogens is 601 g/mol. The zero-order chi connectivity index (χ0) is 33.7. The predicted molar refractivity (Wildman–Crippen MR) is 190 cm³/mol. The summed E-state index contributed by atoms with van der Waals surface area (Å²) in [6.07, 6.45) is -0.116. The van der Waals surface area contributed by atoms with Crippen LogP contribution in [0.3, 0.4) is 0 Å². The third-order valence-corrected chi connectivity index (χ3v) is 19.5. The molecule has 1 aliphatic rings. The monoisotopic (exact) mass is 656 g/mol. The fourth-order valence-corrected chi connectivity index (χ4v) is 8.62. The van der Waals surface area contributed by atoms with Crippen molar-refractivity contribution in [1.82, 2.24) is 0 Å². The molecule has 0 radical (unpaired) electrons. The normalized spacial score (nSPS) is 21.7. The Morgan fingerprint density at radius 3 is 1.73 bits per heavy atom. The molecule has 1 heterocycles. The topological polar surface area (TPSA) is 64.6 Å². The molecule has 3 aromatic rings.